The van der Waals surface area contributed by atoms with Gasteiger partial charge in [-0.25, -0.2) is 9.59 Å². The summed E-state index contributed by atoms with van der Waals surface area (Å²) in [5.41, 5.74) is 0.604. The van der Waals surface area contributed by atoms with E-state index >= 15 is 0 Å². The summed E-state index contributed by atoms with van der Waals surface area (Å²) in [5.74, 6) is 0.150. The van der Waals surface area contributed by atoms with Gasteiger partial charge in [-0.2, -0.15) is 0 Å². The minimum atomic E-state index is -0.508. The van der Waals surface area contributed by atoms with Crippen LogP contribution in [0.1, 0.15) is 62.4 Å². The highest BCUT2D eigenvalue weighted by molar-refractivity contribution is 6.31. The predicted octanol–water partition coefficient (Wildman–Crippen LogP) is 4.65. The summed E-state index contributed by atoms with van der Waals surface area (Å²) in [6.45, 7) is 7.33. The van der Waals surface area contributed by atoms with Crippen LogP contribution in [0, 0.1) is 6.92 Å². The van der Waals surface area contributed by atoms with Crippen LogP contribution in [0.5, 0.6) is 5.75 Å². The fraction of sp³-hybridized carbons (Fsp3) is 0.600. The first-order valence-electron chi connectivity index (χ1n) is 9.13. The number of esters is 1. The third kappa shape index (κ3) is 6.31. The van der Waals surface area contributed by atoms with E-state index in [9.17, 15) is 9.59 Å². The summed E-state index contributed by atoms with van der Waals surface area (Å²) >= 11 is 6.12. The molecule has 150 valence electrons. The summed E-state index contributed by atoms with van der Waals surface area (Å²) in [6.07, 6.45) is 2.80. The normalized spacial score (nSPS) is 19.9. The lowest BCUT2D eigenvalue weighted by molar-refractivity contribution is 0.0470. The van der Waals surface area contributed by atoms with Crippen LogP contribution in [-0.4, -0.2) is 36.9 Å². The fourth-order valence-electron chi connectivity index (χ4n) is 3.08. The first-order valence-corrected chi connectivity index (χ1v) is 9.51. The lowest BCUT2D eigenvalue weighted by atomic mass is 9.93. The van der Waals surface area contributed by atoms with Gasteiger partial charge in [0.15, 0.2) is 0 Å². The molecule has 1 saturated carbocycles. The van der Waals surface area contributed by atoms with Crippen LogP contribution < -0.4 is 10.1 Å². The highest BCUT2D eigenvalue weighted by atomic mass is 35.5. The molecule has 0 spiro atoms. The molecule has 0 bridgehead atoms. The van der Waals surface area contributed by atoms with Crippen LogP contribution in [0.25, 0.3) is 0 Å². The number of nitrogens with one attached hydrogen (secondary N) is 1. The Labute approximate surface area is 165 Å². The number of amides is 1. The molecule has 2 rings (SSSR count). The van der Waals surface area contributed by atoms with Crippen LogP contribution in [0.15, 0.2) is 12.1 Å². The molecule has 0 saturated heterocycles. The Balaban J connectivity index is 1.93. The van der Waals surface area contributed by atoms with Gasteiger partial charge in [0.05, 0.1) is 18.8 Å². The highest BCUT2D eigenvalue weighted by Gasteiger charge is 2.26. The molecule has 0 radical (unpaired) electrons. The molecular weight excluding hydrogens is 370 g/mol. The second kappa shape index (κ2) is 8.83. The van der Waals surface area contributed by atoms with Crippen molar-refractivity contribution in [1.82, 2.24) is 5.32 Å². The molecule has 1 aromatic carbocycles. The molecule has 0 unspecified atom stereocenters. The van der Waals surface area contributed by atoms with E-state index in [1.807, 2.05) is 27.7 Å². The van der Waals surface area contributed by atoms with Crippen LogP contribution in [0.2, 0.25) is 5.02 Å². The van der Waals surface area contributed by atoms with E-state index in [0.717, 1.165) is 25.7 Å². The van der Waals surface area contributed by atoms with Gasteiger partial charge >= 0.3 is 12.1 Å². The molecule has 0 aliphatic heterocycles. The maximum Gasteiger partial charge on any atom is 0.407 e. The van der Waals surface area contributed by atoms with Gasteiger partial charge in [0.25, 0.3) is 0 Å². The van der Waals surface area contributed by atoms with Crippen LogP contribution in [0.4, 0.5) is 4.79 Å². The van der Waals surface area contributed by atoms with Gasteiger partial charge in [-0.3, -0.25) is 0 Å². The summed E-state index contributed by atoms with van der Waals surface area (Å²) < 4.78 is 16.2. The van der Waals surface area contributed by atoms with Gasteiger partial charge in [-0.15, -0.1) is 0 Å². The van der Waals surface area contributed by atoms with Crippen LogP contribution in [-0.2, 0) is 9.47 Å². The van der Waals surface area contributed by atoms with Crippen molar-refractivity contribution in [1.29, 1.82) is 0 Å². The summed E-state index contributed by atoms with van der Waals surface area (Å²) in [7, 11) is 1.34. The summed E-state index contributed by atoms with van der Waals surface area (Å²) in [4.78, 5) is 23.8. The molecule has 1 aliphatic rings. The summed E-state index contributed by atoms with van der Waals surface area (Å²) in [5, 5.41) is 3.34. The number of benzene rings is 1. The third-order valence-corrected chi connectivity index (χ3v) is 4.64. The number of carbonyl (C=O) groups excluding carboxylic acids is 2. The van der Waals surface area contributed by atoms with Gasteiger partial charge in [-0.1, -0.05) is 11.6 Å². The zero-order chi connectivity index (χ0) is 20.2. The number of carbonyl (C=O) groups is 2. The van der Waals surface area contributed by atoms with E-state index in [0.29, 0.717) is 21.9 Å². The third-order valence-electron chi connectivity index (χ3n) is 4.42. The largest absolute Gasteiger partial charge is 0.490 e. The number of hydrogen-bond acceptors (Lipinski definition) is 5. The summed E-state index contributed by atoms with van der Waals surface area (Å²) in [6, 6.07) is 3.37. The number of ether oxygens (including phenoxy) is 3. The van der Waals surface area contributed by atoms with Crippen molar-refractivity contribution >= 4 is 23.7 Å². The highest BCUT2D eigenvalue weighted by Crippen LogP contribution is 2.31. The Kier molecular flexibility index (Phi) is 6.98. The Bertz CT molecular complexity index is 690. The van der Waals surface area contributed by atoms with E-state index in [4.69, 9.17) is 25.8 Å². The van der Waals surface area contributed by atoms with Gasteiger partial charge in [0.2, 0.25) is 0 Å². The average molecular weight is 398 g/mol. The van der Waals surface area contributed by atoms with Crippen molar-refractivity contribution < 1.29 is 23.8 Å². The number of methoxy groups -OCH3 is 1. The van der Waals surface area contributed by atoms with Crippen molar-refractivity contribution in [2.75, 3.05) is 7.11 Å². The number of rotatable bonds is 4. The molecule has 1 aromatic rings. The Morgan fingerprint density at radius 2 is 1.78 bits per heavy atom. The second-order valence-electron chi connectivity index (χ2n) is 7.81. The average Bonchev–Trinajstić information content (AvgIpc) is 2.57. The first-order chi connectivity index (χ1) is 12.6. The molecule has 0 heterocycles. The van der Waals surface area contributed by atoms with E-state index in [1.54, 1.807) is 12.1 Å². The minimum absolute atomic E-state index is 0.00403. The lowest BCUT2D eigenvalue weighted by Crippen LogP contribution is -2.42. The SMILES string of the molecule is COC(=O)c1cc(Cl)cc(O[C@H]2CC[C@H](NC(=O)OC(C)(C)C)CC2)c1C. The Morgan fingerprint density at radius 1 is 1.15 bits per heavy atom. The molecular formula is C20H28ClNO5. The molecule has 6 nitrogen and oxygen atoms in total. The standard InChI is InChI=1S/C20H28ClNO5/c1-12-16(18(23)25-5)10-13(21)11-17(12)26-15-8-6-14(7-9-15)22-19(24)27-20(2,3)4/h10-11,14-15H,6-9H2,1-5H3,(H,22,24)/t14-,15-. The molecule has 7 heteroatoms. The van der Waals surface area contributed by atoms with E-state index in [2.05, 4.69) is 5.32 Å². The molecule has 1 fully saturated rings. The number of hydrogen-bond donors (Lipinski definition) is 1. The number of alkyl carbamates (subject to hydrolysis) is 1. The lowest BCUT2D eigenvalue weighted by Gasteiger charge is -2.30. The molecule has 1 aliphatic carbocycles. The van der Waals surface area contributed by atoms with Gasteiger partial charge in [0.1, 0.15) is 11.4 Å². The molecule has 27 heavy (non-hydrogen) atoms. The maximum atomic E-state index is 11.9. The monoisotopic (exact) mass is 397 g/mol. The zero-order valence-electron chi connectivity index (χ0n) is 16.6. The van der Waals surface area contributed by atoms with Crippen molar-refractivity contribution in [2.24, 2.45) is 0 Å². The number of halogens is 1. The van der Waals surface area contributed by atoms with Crippen molar-refractivity contribution in [3.05, 3.63) is 28.3 Å². The van der Waals surface area contributed by atoms with E-state index < -0.39 is 11.6 Å². The minimum Gasteiger partial charge on any atom is -0.490 e. The van der Waals surface area contributed by atoms with Crippen molar-refractivity contribution in [3.63, 3.8) is 0 Å². The van der Waals surface area contributed by atoms with Gasteiger partial charge < -0.3 is 19.5 Å². The van der Waals surface area contributed by atoms with Gasteiger partial charge in [-0.05, 0) is 65.5 Å². The van der Waals surface area contributed by atoms with Crippen LogP contribution >= 0.6 is 11.6 Å². The Morgan fingerprint density at radius 3 is 2.33 bits per heavy atom. The van der Waals surface area contributed by atoms with E-state index in [1.165, 1.54) is 7.11 Å². The topological polar surface area (TPSA) is 73.9 Å². The van der Waals surface area contributed by atoms with E-state index in [-0.39, 0.29) is 18.2 Å². The predicted molar refractivity (Wildman–Crippen MR) is 104 cm³/mol. The second-order valence-corrected chi connectivity index (χ2v) is 8.24. The van der Waals surface area contributed by atoms with Crippen molar-refractivity contribution in [3.8, 4) is 5.75 Å². The molecule has 0 aromatic heterocycles. The quantitative estimate of drug-likeness (QED) is 0.748. The smallest absolute Gasteiger partial charge is 0.407 e. The fourth-order valence-corrected chi connectivity index (χ4v) is 3.29. The zero-order valence-corrected chi connectivity index (χ0v) is 17.3. The first kappa shape index (κ1) is 21.4. The Hall–Kier alpha value is -1.95. The van der Waals surface area contributed by atoms with Crippen LogP contribution in [0.3, 0.4) is 0 Å². The van der Waals surface area contributed by atoms with Crippen molar-refractivity contribution in [2.45, 2.75) is 71.1 Å². The molecule has 1 amide bonds. The van der Waals surface area contributed by atoms with Gasteiger partial charge in [0, 0.05) is 16.6 Å². The molecule has 1 N–H and O–H groups in total. The molecule has 0 atom stereocenters. The maximum absolute atomic E-state index is 11.9.